The fraction of sp³-hybridized carbons (Fsp3) is 0.409. The van der Waals surface area contributed by atoms with E-state index in [1.807, 2.05) is 4.57 Å². The molecule has 3 aliphatic rings. The molecule has 1 aromatic carbocycles. The predicted octanol–water partition coefficient (Wildman–Crippen LogP) is 2.11. The number of hydrazine groups is 2. The largest absolute Gasteiger partial charge is 0.342 e. The zero-order valence-electron chi connectivity index (χ0n) is 18.0. The second kappa shape index (κ2) is 8.41. The fourth-order valence-electron chi connectivity index (χ4n) is 4.90. The summed E-state index contributed by atoms with van der Waals surface area (Å²) in [7, 11) is 0. The molecule has 0 radical (unpaired) electrons. The van der Waals surface area contributed by atoms with E-state index in [2.05, 4.69) is 27.0 Å². The highest BCUT2D eigenvalue weighted by Crippen LogP contribution is 2.39. The molecule has 1 saturated carbocycles. The third-order valence-electron chi connectivity index (χ3n) is 6.64. The Bertz CT molecular complexity index is 1150. The van der Waals surface area contributed by atoms with Gasteiger partial charge in [-0.3, -0.25) is 14.4 Å². The Labute approximate surface area is 200 Å². The van der Waals surface area contributed by atoms with Gasteiger partial charge in [0.05, 0.1) is 17.1 Å². The minimum atomic E-state index is -0.641. The van der Waals surface area contributed by atoms with Gasteiger partial charge in [0, 0.05) is 34.5 Å². The molecule has 1 aromatic heterocycles. The van der Waals surface area contributed by atoms with E-state index in [9.17, 15) is 14.4 Å². The summed E-state index contributed by atoms with van der Waals surface area (Å²) >= 11 is 12.1. The SMILES string of the molecule is Cc1c(C(=O)C(=O)NC2(C3CNNN3)CC2)c2n(c1C(=O)Nc1cc(Cl)cc(Cl)c1)CCC2. The monoisotopic (exact) mass is 490 g/mol. The molecule has 0 bridgehead atoms. The number of carbonyl (C=O) groups is 3. The first-order chi connectivity index (χ1) is 15.8. The summed E-state index contributed by atoms with van der Waals surface area (Å²) in [6.45, 7) is 2.97. The van der Waals surface area contributed by atoms with Crippen molar-refractivity contribution in [1.82, 2.24) is 26.3 Å². The number of amides is 2. The quantitative estimate of drug-likeness (QED) is 0.312. The number of nitrogens with zero attached hydrogens (tertiary/aromatic N) is 1. The van der Waals surface area contributed by atoms with Crippen LogP contribution in [0.4, 0.5) is 5.69 Å². The molecule has 9 nitrogen and oxygen atoms in total. The van der Waals surface area contributed by atoms with E-state index in [1.54, 1.807) is 25.1 Å². The first kappa shape index (κ1) is 22.4. The lowest BCUT2D eigenvalue weighted by Gasteiger charge is -2.22. The number of halogens is 2. The molecule has 33 heavy (non-hydrogen) atoms. The van der Waals surface area contributed by atoms with E-state index in [0.29, 0.717) is 52.1 Å². The Morgan fingerprint density at radius 3 is 2.52 bits per heavy atom. The van der Waals surface area contributed by atoms with E-state index in [4.69, 9.17) is 23.2 Å². The minimum absolute atomic E-state index is 0.000887. The van der Waals surface area contributed by atoms with Gasteiger partial charge in [0.15, 0.2) is 0 Å². The molecule has 174 valence electrons. The number of anilines is 1. The van der Waals surface area contributed by atoms with Crippen LogP contribution in [0.1, 0.15) is 51.4 Å². The maximum atomic E-state index is 13.3. The zero-order chi connectivity index (χ0) is 23.3. The van der Waals surface area contributed by atoms with Crippen LogP contribution >= 0.6 is 23.2 Å². The number of rotatable bonds is 6. The van der Waals surface area contributed by atoms with Gasteiger partial charge in [0.2, 0.25) is 0 Å². The lowest BCUT2D eigenvalue weighted by molar-refractivity contribution is -0.118. The van der Waals surface area contributed by atoms with Gasteiger partial charge in [0.1, 0.15) is 5.69 Å². The second-order valence-electron chi connectivity index (χ2n) is 8.80. The van der Waals surface area contributed by atoms with Crippen molar-refractivity contribution in [2.75, 3.05) is 11.9 Å². The Kier molecular flexibility index (Phi) is 5.70. The number of aromatic nitrogens is 1. The normalized spacial score (nSPS) is 20.4. The first-order valence-corrected chi connectivity index (χ1v) is 11.6. The highest BCUT2D eigenvalue weighted by molar-refractivity contribution is 6.44. The molecule has 0 spiro atoms. The summed E-state index contributed by atoms with van der Waals surface area (Å²) in [4.78, 5) is 39.5. The number of benzene rings is 1. The average molecular weight is 491 g/mol. The Morgan fingerprint density at radius 2 is 1.88 bits per heavy atom. The molecule has 5 rings (SSSR count). The Hall–Kier alpha value is -2.43. The number of nitrogens with one attached hydrogen (secondary N) is 5. The van der Waals surface area contributed by atoms with Crippen molar-refractivity contribution in [1.29, 1.82) is 0 Å². The maximum absolute atomic E-state index is 13.3. The molecule has 1 aliphatic carbocycles. The molecule has 3 heterocycles. The Morgan fingerprint density at radius 1 is 1.15 bits per heavy atom. The number of hydrogen-bond donors (Lipinski definition) is 5. The lowest BCUT2D eigenvalue weighted by atomic mass is 10.0. The second-order valence-corrected chi connectivity index (χ2v) is 9.68. The van der Waals surface area contributed by atoms with Crippen molar-refractivity contribution in [3.8, 4) is 0 Å². The van der Waals surface area contributed by atoms with Gasteiger partial charge in [-0.05, 0) is 56.4 Å². The van der Waals surface area contributed by atoms with Crippen molar-refractivity contribution in [3.63, 3.8) is 0 Å². The maximum Gasteiger partial charge on any atom is 0.292 e. The van der Waals surface area contributed by atoms with Crippen molar-refractivity contribution < 1.29 is 14.4 Å². The van der Waals surface area contributed by atoms with Crippen LogP contribution in [0.5, 0.6) is 0 Å². The van der Waals surface area contributed by atoms with Crippen LogP contribution < -0.4 is 27.0 Å². The highest BCUT2D eigenvalue weighted by atomic mass is 35.5. The molecule has 1 unspecified atom stereocenters. The highest BCUT2D eigenvalue weighted by Gasteiger charge is 2.52. The van der Waals surface area contributed by atoms with Gasteiger partial charge < -0.3 is 15.2 Å². The smallest absolute Gasteiger partial charge is 0.292 e. The number of carbonyl (C=O) groups excluding carboxylic acids is 3. The molecule has 5 N–H and O–H groups in total. The first-order valence-electron chi connectivity index (χ1n) is 10.9. The number of Topliss-reactive ketones (excluding diaryl/α,β-unsaturated/α-hetero) is 1. The van der Waals surface area contributed by atoms with E-state index >= 15 is 0 Å². The number of ketones is 1. The van der Waals surface area contributed by atoms with Gasteiger partial charge in [0.25, 0.3) is 17.6 Å². The topological polar surface area (TPSA) is 116 Å². The van der Waals surface area contributed by atoms with Crippen LogP contribution in [-0.2, 0) is 17.8 Å². The molecule has 1 saturated heterocycles. The van der Waals surface area contributed by atoms with E-state index in [-0.39, 0.29) is 11.9 Å². The van der Waals surface area contributed by atoms with Crippen LogP contribution in [0.3, 0.4) is 0 Å². The molecule has 2 amide bonds. The summed E-state index contributed by atoms with van der Waals surface area (Å²) in [5.74, 6) is -1.62. The molecular formula is C22H24Cl2N6O3. The van der Waals surface area contributed by atoms with Crippen LogP contribution in [-0.4, -0.2) is 40.3 Å². The average Bonchev–Trinajstić information content (AvgIpc) is 3.12. The number of fused-ring (bicyclic) bond motifs is 1. The molecule has 2 aliphatic heterocycles. The number of hydrogen-bond acceptors (Lipinski definition) is 6. The van der Waals surface area contributed by atoms with Crippen molar-refractivity contribution in [3.05, 3.63) is 50.8 Å². The van der Waals surface area contributed by atoms with Crippen LogP contribution in [0.25, 0.3) is 0 Å². The fourth-order valence-corrected chi connectivity index (χ4v) is 5.42. The van der Waals surface area contributed by atoms with Crippen molar-refractivity contribution in [2.24, 2.45) is 0 Å². The zero-order valence-corrected chi connectivity index (χ0v) is 19.5. The minimum Gasteiger partial charge on any atom is -0.342 e. The molecule has 1 atom stereocenters. The van der Waals surface area contributed by atoms with Crippen LogP contribution in [0.15, 0.2) is 18.2 Å². The van der Waals surface area contributed by atoms with Crippen molar-refractivity contribution >= 4 is 46.5 Å². The molecular weight excluding hydrogens is 467 g/mol. The van der Waals surface area contributed by atoms with E-state index < -0.39 is 17.2 Å². The molecule has 2 fully saturated rings. The summed E-state index contributed by atoms with van der Waals surface area (Å²) in [5.41, 5.74) is 10.9. The Balaban J connectivity index is 1.41. The van der Waals surface area contributed by atoms with Gasteiger partial charge in [-0.1, -0.05) is 23.2 Å². The summed E-state index contributed by atoms with van der Waals surface area (Å²) < 4.78 is 1.84. The molecule has 11 heteroatoms. The van der Waals surface area contributed by atoms with Crippen molar-refractivity contribution in [2.45, 2.75) is 50.7 Å². The third kappa shape index (κ3) is 4.04. The molecule has 2 aromatic rings. The van der Waals surface area contributed by atoms with Crippen LogP contribution in [0, 0.1) is 6.92 Å². The summed E-state index contributed by atoms with van der Waals surface area (Å²) in [6, 6.07) is 4.78. The van der Waals surface area contributed by atoms with E-state index in [0.717, 1.165) is 25.0 Å². The lowest BCUT2D eigenvalue weighted by Crippen LogP contribution is -2.53. The van der Waals surface area contributed by atoms with Gasteiger partial charge in [-0.15, -0.1) is 0 Å². The van der Waals surface area contributed by atoms with E-state index in [1.165, 1.54) is 0 Å². The van der Waals surface area contributed by atoms with Gasteiger partial charge in [-0.2, -0.15) is 5.53 Å². The van der Waals surface area contributed by atoms with Crippen LogP contribution in [0.2, 0.25) is 10.0 Å². The summed E-state index contributed by atoms with van der Waals surface area (Å²) in [6.07, 6.45) is 3.04. The van der Waals surface area contributed by atoms with Gasteiger partial charge in [-0.25, -0.2) is 10.9 Å². The predicted molar refractivity (Wildman–Crippen MR) is 124 cm³/mol. The third-order valence-corrected chi connectivity index (χ3v) is 7.07. The standard InChI is InChI=1S/C22H24Cl2N6O3/c1-11-17(19(31)21(33)27-22(4-5-22)16-10-25-29-28-16)15-3-2-6-30(15)18(11)20(32)26-14-8-12(23)7-13(24)9-14/h7-9,16,25,28-29H,2-6,10H2,1H3,(H,26,32)(H,27,33). The summed E-state index contributed by atoms with van der Waals surface area (Å²) in [5, 5.41) is 6.56. The van der Waals surface area contributed by atoms with Gasteiger partial charge >= 0.3 is 0 Å².